The first-order valence-corrected chi connectivity index (χ1v) is 8.40. The summed E-state index contributed by atoms with van der Waals surface area (Å²) in [5.41, 5.74) is 4.19. The van der Waals surface area contributed by atoms with Crippen LogP contribution >= 0.6 is 23.2 Å². The summed E-state index contributed by atoms with van der Waals surface area (Å²) in [6, 6.07) is 14.6. The average molecular weight is 377 g/mol. The number of nitrogens with one attached hydrogen (secondary N) is 1. The summed E-state index contributed by atoms with van der Waals surface area (Å²) in [6.45, 7) is 3.41. The van der Waals surface area contributed by atoms with Crippen LogP contribution in [0.5, 0.6) is 5.75 Å². The molecule has 2 aromatic rings. The summed E-state index contributed by atoms with van der Waals surface area (Å²) in [5, 5.41) is 4.88. The van der Waals surface area contributed by atoms with Crippen LogP contribution in [0, 0.1) is 0 Å². The number of nitrogens with zero attached hydrogens (tertiary/aromatic N) is 1. The van der Waals surface area contributed by atoms with Gasteiger partial charge in [-0.05, 0) is 43.7 Å². The van der Waals surface area contributed by atoms with Crippen LogP contribution in [-0.4, -0.2) is 17.7 Å². The second-order valence-corrected chi connectivity index (χ2v) is 6.15. The molecule has 6 heteroatoms. The number of benzene rings is 2. The molecule has 2 aromatic carbocycles. The third-order valence-corrected chi connectivity index (χ3v) is 3.76. The first kappa shape index (κ1) is 19.0. The first-order chi connectivity index (χ1) is 12.0. The van der Waals surface area contributed by atoms with Gasteiger partial charge in [0.2, 0.25) is 0 Å². The van der Waals surface area contributed by atoms with Gasteiger partial charge in [-0.1, -0.05) is 59.6 Å². The number of hydrogen-bond donors (Lipinski definition) is 1. The predicted molar refractivity (Wildman–Crippen MR) is 103 cm³/mol. The SMILES string of the molecule is CC(/C=C/c1ccccc1)=N/NC(=O)[C@H](C)Oc1ccc(Cl)cc1Cl. The molecule has 1 amide bonds. The van der Waals surface area contributed by atoms with E-state index in [4.69, 9.17) is 27.9 Å². The van der Waals surface area contributed by atoms with Crippen LogP contribution in [0.1, 0.15) is 19.4 Å². The van der Waals surface area contributed by atoms with Gasteiger partial charge in [-0.25, -0.2) is 5.43 Å². The van der Waals surface area contributed by atoms with Gasteiger partial charge in [0.15, 0.2) is 6.10 Å². The van der Waals surface area contributed by atoms with Gasteiger partial charge in [0.25, 0.3) is 5.91 Å². The van der Waals surface area contributed by atoms with Gasteiger partial charge < -0.3 is 4.74 Å². The summed E-state index contributed by atoms with van der Waals surface area (Å²) >= 11 is 11.9. The highest BCUT2D eigenvalue weighted by Gasteiger charge is 2.15. The zero-order valence-electron chi connectivity index (χ0n) is 13.9. The highest BCUT2D eigenvalue weighted by Crippen LogP contribution is 2.28. The molecule has 2 rings (SSSR count). The van der Waals surface area contributed by atoms with Gasteiger partial charge in [-0.15, -0.1) is 0 Å². The zero-order valence-corrected chi connectivity index (χ0v) is 15.4. The van der Waals surface area contributed by atoms with Crippen molar-refractivity contribution in [3.05, 3.63) is 70.2 Å². The van der Waals surface area contributed by atoms with Crippen LogP contribution in [0.15, 0.2) is 59.7 Å². The first-order valence-electron chi connectivity index (χ1n) is 7.64. The summed E-state index contributed by atoms with van der Waals surface area (Å²) < 4.78 is 5.53. The van der Waals surface area contributed by atoms with E-state index in [9.17, 15) is 4.79 Å². The standard InChI is InChI=1S/C19H18Cl2N2O2/c1-13(8-9-15-6-4-3-5-7-15)22-23-19(24)14(2)25-18-11-10-16(20)12-17(18)21/h3-12,14H,1-2H3,(H,23,24)/b9-8+,22-13-/t14-/m0/s1. The molecule has 0 radical (unpaired) electrons. The Balaban J connectivity index is 1.90. The minimum absolute atomic E-state index is 0.345. The molecular formula is C19H18Cl2N2O2. The van der Waals surface area contributed by atoms with Gasteiger partial charge in [0.05, 0.1) is 10.7 Å². The zero-order chi connectivity index (χ0) is 18.2. The van der Waals surface area contributed by atoms with Crippen molar-refractivity contribution in [3.8, 4) is 5.75 Å². The molecule has 1 atom stereocenters. The third kappa shape index (κ3) is 6.25. The van der Waals surface area contributed by atoms with Crippen molar-refractivity contribution in [2.75, 3.05) is 0 Å². The normalized spacial score (nSPS) is 12.9. The Hall–Kier alpha value is -2.30. The van der Waals surface area contributed by atoms with E-state index < -0.39 is 6.10 Å². The van der Waals surface area contributed by atoms with Crippen molar-refractivity contribution in [1.82, 2.24) is 5.43 Å². The molecule has 0 saturated carbocycles. The van der Waals surface area contributed by atoms with E-state index in [0.717, 1.165) is 5.56 Å². The van der Waals surface area contributed by atoms with Gasteiger partial charge in [-0.3, -0.25) is 4.79 Å². The number of carbonyl (C=O) groups excluding carboxylic acids is 1. The Kier molecular flexibility index (Phi) is 7.04. The second kappa shape index (κ2) is 9.25. The van der Waals surface area contributed by atoms with E-state index >= 15 is 0 Å². The summed E-state index contributed by atoms with van der Waals surface area (Å²) in [4.78, 5) is 12.1. The number of carbonyl (C=O) groups is 1. The number of hydrazone groups is 1. The van der Waals surface area contributed by atoms with Gasteiger partial charge >= 0.3 is 0 Å². The number of hydrogen-bond acceptors (Lipinski definition) is 3. The highest BCUT2D eigenvalue weighted by atomic mass is 35.5. The lowest BCUT2D eigenvalue weighted by Gasteiger charge is -2.14. The van der Waals surface area contributed by atoms with Gasteiger partial charge in [0, 0.05) is 5.02 Å². The van der Waals surface area contributed by atoms with E-state index in [0.29, 0.717) is 21.5 Å². The molecule has 25 heavy (non-hydrogen) atoms. The van der Waals surface area contributed by atoms with Crippen LogP contribution in [-0.2, 0) is 4.79 Å². The molecule has 1 N–H and O–H groups in total. The molecule has 0 aliphatic carbocycles. The monoisotopic (exact) mass is 376 g/mol. The van der Waals surface area contributed by atoms with Crippen molar-refractivity contribution in [2.24, 2.45) is 5.10 Å². The molecule has 0 aromatic heterocycles. The van der Waals surface area contributed by atoms with Crippen LogP contribution in [0.25, 0.3) is 6.08 Å². The fourth-order valence-corrected chi connectivity index (χ4v) is 2.32. The number of halogens is 2. The molecule has 0 unspecified atom stereocenters. The molecule has 0 bridgehead atoms. The Labute approximate surface area is 157 Å². The van der Waals surface area contributed by atoms with Crippen LogP contribution < -0.4 is 10.2 Å². The molecule has 0 aliphatic rings. The molecular weight excluding hydrogens is 359 g/mol. The molecule has 0 fully saturated rings. The van der Waals surface area contributed by atoms with Crippen LogP contribution in [0.4, 0.5) is 0 Å². The molecule has 0 aliphatic heterocycles. The number of allylic oxidation sites excluding steroid dienone is 1. The van der Waals surface area contributed by atoms with E-state index in [-0.39, 0.29) is 5.91 Å². The smallest absolute Gasteiger partial charge is 0.280 e. The Bertz CT molecular complexity index is 789. The van der Waals surface area contributed by atoms with Crippen molar-refractivity contribution in [1.29, 1.82) is 0 Å². The maximum atomic E-state index is 12.1. The van der Waals surface area contributed by atoms with Crippen LogP contribution in [0.2, 0.25) is 10.0 Å². The number of rotatable bonds is 6. The van der Waals surface area contributed by atoms with Crippen molar-refractivity contribution in [3.63, 3.8) is 0 Å². The molecule has 0 heterocycles. The van der Waals surface area contributed by atoms with E-state index in [1.165, 1.54) is 0 Å². The van der Waals surface area contributed by atoms with E-state index in [1.807, 2.05) is 42.5 Å². The Morgan fingerprint density at radius 1 is 1.20 bits per heavy atom. The van der Waals surface area contributed by atoms with Crippen molar-refractivity contribution >= 4 is 40.9 Å². The predicted octanol–water partition coefficient (Wildman–Crippen LogP) is 4.97. The summed E-state index contributed by atoms with van der Waals surface area (Å²) in [5.74, 6) is 0.0110. The third-order valence-electron chi connectivity index (χ3n) is 3.23. The number of ether oxygens (including phenoxy) is 1. The average Bonchev–Trinajstić information content (AvgIpc) is 2.61. The highest BCUT2D eigenvalue weighted by molar-refractivity contribution is 6.35. The molecule has 4 nitrogen and oxygen atoms in total. The van der Waals surface area contributed by atoms with E-state index in [1.54, 1.807) is 32.0 Å². The largest absolute Gasteiger partial charge is 0.479 e. The fraction of sp³-hybridized carbons (Fsp3) is 0.158. The molecule has 0 spiro atoms. The maximum Gasteiger partial charge on any atom is 0.280 e. The lowest BCUT2D eigenvalue weighted by Crippen LogP contribution is -2.33. The lowest BCUT2D eigenvalue weighted by molar-refractivity contribution is -0.127. The fourth-order valence-electron chi connectivity index (χ4n) is 1.87. The maximum absolute atomic E-state index is 12.1. The number of amides is 1. The summed E-state index contributed by atoms with van der Waals surface area (Å²) in [6.07, 6.45) is 2.98. The quantitative estimate of drug-likeness (QED) is 0.571. The van der Waals surface area contributed by atoms with Crippen molar-refractivity contribution in [2.45, 2.75) is 20.0 Å². The Morgan fingerprint density at radius 3 is 2.60 bits per heavy atom. The minimum atomic E-state index is -0.756. The topological polar surface area (TPSA) is 50.7 Å². The van der Waals surface area contributed by atoms with Crippen molar-refractivity contribution < 1.29 is 9.53 Å². The van der Waals surface area contributed by atoms with Crippen LogP contribution in [0.3, 0.4) is 0 Å². The second-order valence-electron chi connectivity index (χ2n) is 5.31. The molecule has 0 saturated heterocycles. The van der Waals surface area contributed by atoms with Gasteiger partial charge in [0.1, 0.15) is 5.75 Å². The minimum Gasteiger partial charge on any atom is -0.479 e. The van der Waals surface area contributed by atoms with Gasteiger partial charge in [-0.2, -0.15) is 5.10 Å². The molecule has 130 valence electrons. The Morgan fingerprint density at radius 2 is 1.92 bits per heavy atom. The summed E-state index contributed by atoms with van der Waals surface area (Å²) in [7, 11) is 0. The lowest BCUT2D eigenvalue weighted by atomic mass is 10.2. The van der Waals surface area contributed by atoms with E-state index in [2.05, 4.69) is 10.5 Å².